The first-order chi connectivity index (χ1) is 11.8. The number of hydrogen-bond donors (Lipinski definition) is 1. The van der Waals surface area contributed by atoms with Crippen molar-refractivity contribution < 1.29 is 17.6 Å². The van der Waals surface area contributed by atoms with E-state index in [9.17, 15) is 17.6 Å². The summed E-state index contributed by atoms with van der Waals surface area (Å²) in [6.45, 7) is 1.85. The quantitative estimate of drug-likeness (QED) is 0.887. The summed E-state index contributed by atoms with van der Waals surface area (Å²) < 4.78 is 38.5. The SMILES string of the molecule is Cc1nn([C@H]2CCS(=O)(=O)C2)c2c1[C@H](c1ccc(F)cc1)CC(=O)N2. The highest BCUT2D eigenvalue weighted by Crippen LogP contribution is 2.41. The lowest BCUT2D eigenvalue weighted by molar-refractivity contribution is -0.116. The first-order valence-corrected chi connectivity index (χ1v) is 10.0. The van der Waals surface area contributed by atoms with Gasteiger partial charge in [-0.3, -0.25) is 4.79 Å². The smallest absolute Gasteiger partial charge is 0.226 e. The molecule has 0 radical (unpaired) electrons. The van der Waals surface area contributed by atoms with Crippen molar-refractivity contribution >= 4 is 21.6 Å². The van der Waals surface area contributed by atoms with Crippen LogP contribution >= 0.6 is 0 Å². The van der Waals surface area contributed by atoms with E-state index in [1.165, 1.54) is 12.1 Å². The molecule has 1 aromatic carbocycles. The molecule has 0 bridgehead atoms. The van der Waals surface area contributed by atoms with E-state index in [1.807, 2.05) is 6.92 Å². The summed E-state index contributed by atoms with van der Waals surface area (Å²) in [5.41, 5.74) is 2.49. The highest BCUT2D eigenvalue weighted by molar-refractivity contribution is 7.91. The van der Waals surface area contributed by atoms with E-state index in [1.54, 1.807) is 16.8 Å². The number of fused-ring (bicyclic) bond motifs is 1. The monoisotopic (exact) mass is 363 g/mol. The highest BCUT2D eigenvalue weighted by atomic mass is 32.2. The van der Waals surface area contributed by atoms with Crippen LogP contribution in [0.2, 0.25) is 0 Å². The number of anilines is 1. The third kappa shape index (κ3) is 2.84. The van der Waals surface area contributed by atoms with Gasteiger partial charge in [-0.25, -0.2) is 17.5 Å². The molecule has 3 heterocycles. The van der Waals surface area contributed by atoms with E-state index in [0.717, 1.165) is 16.8 Å². The maximum atomic E-state index is 13.2. The minimum Gasteiger partial charge on any atom is -0.311 e. The molecule has 1 N–H and O–H groups in total. The zero-order valence-electron chi connectivity index (χ0n) is 13.7. The van der Waals surface area contributed by atoms with Crippen LogP contribution in [0, 0.1) is 12.7 Å². The number of halogens is 1. The van der Waals surface area contributed by atoms with Crippen molar-refractivity contribution in [3.8, 4) is 0 Å². The molecule has 1 saturated heterocycles. The van der Waals surface area contributed by atoms with Crippen LogP contribution in [0.25, 0.3) is 0 Å². The summed E-state index contributed by atoms with van der Waals surface area (Å²) in [6.07, 6.45) is 0.751. The Kier molecular flexibility index (Phi) is 3.68. The normalized spacial score (nSPS) is 24.8. The fourth-order valence-electron chi connectivity index (χ4n) is 3.78. The zero-order valence-corrected chi connectivity index (χ0v) is 14.5. The number of hydrogen-bond acceptors (Lipinski definition) is 4. The van der Waals surface area contributed by atoms with Gasteiger partial charge in [-0.15, -0.1) is 0 Å². The van der Waals surface area contributed by atoms with Crippen molar-refractivity contribution in [2.24, 2.45) is 0 Å². The number of amides is 1. The number of carbonyl (C=O) groups excluding carboxylic acids is 1. The molecule has 2 atom stereocenters. The van der Waals surface area contributed by atoms with Crippen molar-refractivity contribution in [3.05, 3.63) is 46.9 Å². The number of aromatic nitrogens is 2. The maximum absolute atomic E-state index is 13.2. The Morgan fingerprint density at radius 2 is 2.00 bits per heavy atom. The van der Waals surface area contributed by atoms with Crippen LogP contribution in [-0.2, 0) is 14.6 Å². The molecule has 0 unspecified atom stereocenters. The van der Waals surface area contributed by atoms with Gasteiger partial charge in [-0.2, -0.15) is 5.10 Å². The second-order valence-electron chi connectivity index (χ2n) is 6.71. The van der Waals surface area contributed by atoms with Gasteiger partial charge in [-0.1, -0.05) is 12.1 Å². The van der Waals surface area contributed by atoms with Crippen molar-refractivity contribution in [1.82, 2.24) is 9.78 Å². The summed E-state index contributed by atoms with van der Waals surface area (Å²) in [6, 6.07) is 5.85. The fourth-order valence-corrected chi connectivity index (χ4v) is 5.48. The minimum atomic E-state index is -3.06. The molecular formula is C17H18FN3O3S. The van der Waals surface area contributed by atoms with Crippen LogP contribution in [0.3, 0.4) is 0 Å². The molecule has 2 aliphatic heterocycles. The summed E-state index contributed by atoms with van der Waals surface area (Å²) in [4.78, 5) is 12.2. The lowest BCUT2D eigenvalue weighted by Gasteiger charge is -2.25. The Hall–Kier alpha value is -2.22. The molecule has 0 aliphatic carbocycles. The Labute approximate surface area is 145 Å². The highest BCUT2D eigenvalue weighted by Gasteiger charge is 2.37. The van der Waals surface area contributed by atoms with Gasteiger partial charge < -0.3 is 5.32 Å². The number of carbonyl (C=O) groups is 1. The van der Waals surface area contributed by atoms with Crippen LogP contribution in [0.4, 0.5) is 10.2 Å². The van der Waals surface area contributed by atoms with E-state index < -0.39 is 9.84 Å². The molecule has 25 heavy (non-hydrogen) atoms. The van der Waals surface area contributed by atoms with Gasteiger partial charge in [0.05, 0.1) is 23.2 Å². The number of nitrogens with zero attached hydrogens (tertiary/aromatic N) is 2. The second kappa shape index (κ2) is 5.66. The lowest BCUT2D eigenvalue weighted by Crippen LogP contribution is -2.26. The van der Waals surface area contributed by atoms with E-state index >= 15 is 0 Å². The summed E-state index contributed by atoms with van der Waals surface area (Å²) in [5.74, 6) is 0.0659. The largest absolute Gasteiger partial charge is 0.311 e. The lowest BCUT2D eigenvalue weighted by atomic mass is 9.86. The molecule has 8 heteroatoms. The number of sulfone groups is 1. The van der Waals surface area contributed by atoms with Gasteiger partial charge in [0.15, 0.2) is 9.84 Å². The second-order valence-corrected chi connectivity index (χ2v) is 8.93. The predicted octanol–water partition coefficient (Wildman–Crippen LogP) is 2.16. The third-order valence-corrected chi connectivity index (χ3v) is 6.70. The molecule has 2 aromatic rings. The van der Waals surface area contributed by atoms with Gasteiger partial charge in [0, 0.05) is 17.9 Å². The number of aryl methyl sites for hydroxylation is 1. The first kappa shape index (κ1) is 16.3. The molecule has 1 fully saturated rings. The van der Waals surface area contributed by atoms with E-state index in [0.29, 0.717) is 12.2 Å². The van der Waals surface area contributed by atoms with Crippen molar-refractivity contribution in [2.45, 2.75) is 31.7 Å². The van der Waals surface area contributed by atoms with Crippen LogP contribution in [0.15, 0.2) is 24.3 Å². The average molecular weight is 363 g/mol. The Bertz CT molecular complexity index is 950. The molecule has 0 saturated carbocycles. The van der Waals surface area contributed by atoms with Gasteiger partial charge in [0.1, 0.15) is 11.6 Å². The van der Waals surface area contributed by atoms with Crippen molar-refractivity contribution in [3.63, 3.8) is 0 Å². The van der Waals surface area contributed by atoms with E-state index in [-0.39, 0.29) is 41.6 Å². The molecule has 6 nitrogen and oxygen atoms in total. The van der Waals surface area contributed by atoms with E-state index in [4.69, 9.17) is 0 Å². The molecule has 132 valence electrons. The predicted molar refractivity (Wildman–Crippen MR) is 90.8 cm³/mol. The first-order valence-electron chi connectivity index (χ1n) is 8.19. The van der Waals surface area contributed by atoms with Crippen LogP contribution in [0.5, 0.6) is 0 Å². The van der Waals surface area contributed by atoms with E-state index in [2.05, 4.69) is 10.4 Å². The topological polar surface area (TPSA) is 81.1 Å². The number of nitrogens with one attached hydrogen (secondary N) is 1. The van der Waals surface area contributed by atoms with Crippen molar-refractivity contribution in [2.75, 3.05) is 16.8 Å². The van der Waals surface area contributed by atoms with Crippen LogP contribution < -0.4 is 5.32 Å². The molecule has 0 spiro atoms. The number of rotatable bonds is 2. The van der Waals surface area contributed by atoms with Crippen LogP contribution in [0.1, 0.15) is 41.6 Å². The number of benzene rings is 1. The van der Waals surface area contributed by atoms with Gasteiger partial charge in [0.25, 0.3) is 0 Å². The molecule has 4 rings (SSSR count). The molecular weight excluding hydrogens is 345 g/mol. The molecule has 1 amide bonds. The van der Waals surface area contributed by atoms with Crippen molar-refractivity contribution in [1.29, 1.82) is 0 Å². The fraction of sp³-hybridized carbons (Fsp3) is 0.412. The summed E-state index contributed by atoms with van der Waals surface area (Å²) in [7, 11) is -3.06. The summed E-state index contributed by atoms with van der Waals surface area (Å²) in [5, 5.41) is 7.39. The minimum absolute atomic E-state index is 0.0393. The Morgan fingerprint density at radius 1 is 1.28 bits per heavy atom. The summed E-state index contributed by atoms with van der Waals surface area (Å²) >= 11 is 0. The van der Waals surface area contributed by atoms with Gasteiger partial charge in [-0.05, 0) is 31.0 Å². The Balaban J connectivity index is 1.79. The average Bonchev–Trinajstić information content (AvgIpc) is 3.07. The van der Waals surface area contributed by atoms with Gasteiger partial charge in [0.2, 0.25) is 5.91 Å². The van der Waals surface area contributed by atoms with Gasteiger partial charge >= 0.3 is 0 Å². The Morgan fingerprint density at radius 3 is 2.64 bits per heavy atom. The maximum Gasteiger partial charge on any atom is 0.226 e. The zero-order chi connectivity index (χ0) is 17.8. The molecule has 1 aromatic heterocycles. The standard InChI is InChI=1S/C17H18FN3O3S/c1-10-16-14(11-2-4-12(18)5-3-11)8-15(22)19-17(16)21(20-10)13-6-7-25(23,24)9-13/h2-5,13-14H,6-9H2,1H3,(H,19,22)/t13-,14-/m0/s1. The van der Waals surface area contributed by atoms with Crippen LogP contribution in [-0.4, -0.2) is 35.6 Å². The molecule has 2 aliphatic rings. The third-order valence-electron chi connectivity index (χ3n) is 4.95.